The van der Waals surface area contributed by atoms with E-state index in [2.05, 4.69) is 5.10 Å². The molecule has 0 aliphatic heterocycles. The number of nitro groups is 1. The van der Waals surface area contributed by atoms with Crippen LogP contribution in [0.3, 0.4) is 0 Å². The van der Waals surface area contributed by atoms with Gasteiger partial charge in [-0.3, -0.25) is 10.1 Å². The summed E-state index contributed by atoms with van der Waals surface area (Å²) < 4.78 is 1.25. The number of hydrogen-bond donors (Lipinski definition) is 0. The number of rotatable bonds is 2. The third-order valence-corrected chi connectivity index (χ3v) is 1.38. The Morgan fingerprint density at radius 3 is 3.00 bits per heavy atom. The number of hydrogen-bond acceptors (Lipinski definition) is 4. The Hall–Kier alpha value is -1.90. The van der Waals surface area contributed by atoms with Gasteiger partial charge in [0, 0.05) is 0 Å². The second-order valence-corrected chi connectivity index (χ2v) is 2.24. The van der Waals surface area contributed by atoms with Crippen LogP contribution in [0.4, 0.5) is 5.69 Å². The molecular formula is C6H6N4O2. The average molecular weight is 166 g/mol. The normalized spacial score (nSPS) is 12.0. The molecule has 1 unspecified atom stereocenters. The van der Waals surface area contributed by atoms with Crippen molar-refractivity contribution in [3.8, 4) is 6.07 Å². The molecule has 0 fully saturated rings. The van der Waals surface area contributed by atoms with Gasteiger partial charge in [0.1, 0.15) is 18.4 Å². The Kier molecular flexibility index (Phi) is 2.05. The van der Waals surface area contributed by atoms with Crippen LogP contribution in [0, 0.1) is 21.4 Å². The molecule has 6 heteroatoms. The molecule has 0 N–H and O–H groups in total. The molecule has 1 aromatic rings. The molecular weight excluding hydrogens is 160 g/mol. The number of nitrogens with zero attached hydrogens (tertiary/aromatic N) is 4. The zero-order chi connectivity index (χ0) is 9.14. The fourth-order valence-corrected chi connectivity index (χ4v) is 0.693. The van der Waals surface area contributed by atoms with E-state index in [1.807, 2.05) is 6.07 Å². The lowest BCUT2D eigenvalue weighted by Gasteiger charge is -1.98. The SMILES string of the molecule is CC(C#N)n1cc([N+](=O)[O-])cn1. The second kappa shape index (κ2) is 3.00. The van der Waals surface area contributed by atoms with Gasteiger partial charge in [-0.15, -0.1) is 0 Å². The molecule has 1 rings (SSSR count). The summed E-state index contributed by atoms with van der Waals surface area (Å²) in [5.41, 5.74) is -0.0999. The van der Waals surface area contributed by atoms with Gasteiger partial charge in [-0.1, -0.05) is 0 Å². The molecule has 1 aromatic heterocycles. The predicted molar refractivity (Wildman–Crippen MR) is 39.2 cm³/mol. The molecule has 0 saturated heterocycles. The van der Waals surface area contributed by atoms with E-state index in [9.17, 15) is 10.1 Å². The summed E-state index contributed by atoms with van der Waals surface area (Å²) in [6, 6.07) is 1.44. The second-order valence-electron chi connectivity index (χ2n) is 2.24. The van der Waals surface area contributed by atoms with Crippen molar-refractivity contribution in [1.29, 1.82) is 5.26 Å². The largest absolute Gasteiger partial charge is 0.307 e. The van der Waals surface area contributed by atoms with E-state index >= 15 is 0 Å². The maximum absolute atomic E-state index is 10.2. The molecule has 1 atom stereocenters. The standard InChI is InChI=1S/C6H6N4O2/c1-5(2-7)9-4-6(3-8-9)10(11)12/h3-5H,1H3. The predicted octanol–water partition coefficient (Wildman–Crippen LogP) is 0.876. The number of nitriles is 1. The summed E-state index contributed by atoms with van der Waals surface area (Å²) in [6.07, 6.45) is 2.35. The van der Waals surface area contributed by atoms with Crippen molar-refractivity contribution in [3.63, 3.8) is 0 Å². The van der Waals surface area contributed by atoms with Gasteiger partial charge < -0.3 is 0 Å². The molecule has 6 nitrogen and oxygen atoms in total. The summed E-state index contributed by atoms with van der Waals surface area (Å²) in [7, 11) is 0. The van der Waals surface area contributed by atoms with E-state index in [-0.39, 0.29) is 5.69 Å². The van der Waals surface area contributed by atoms with Crippen LogP contribution < -0.4 is 0 Å². The Labute approximate surface area is 68.2 Å². The van der Waals surface area contributed by atoms with Gasteiger partial charge in [0.15, 0.2) is 0 Å². The third kappa shape index (κ3) is 1.40. The van der Waals surface area contributed by atoms with Crippen LogP contribution in [0.2, 0.25) is 0 Å². The first-order valence-electron chi connectivity index (χ1n) is 3.23. The van der Waals surface area contributed by atoms with Gasteiger partial charge >= 0.3 is 5.69 Å². The van der Waals surface area contributed by atoms with Crippen LogP contribution in [0.1, 0.15) is 13.0 Å². The molecule has 0 amide bonds. The van der Waals surface area contributed by atoms with Crippen LogP contribution in [0.5, 0.6) is 0 Å². The molecule has 62 valence electrons. The summed E-state index contributed by atoms with van der Waals surface area (Å²) in [5.74, 6) is 0. The van der Waals surface area contributed by atoms with E-state index < -0.39 is 11.0 Å². The quantitative estimate of drug-likeness (QED) is 0.482. The highest BCUT2D eigenvalue weighted by molar-refractivity contribution is 5.21. The topological polar surface area (TPSA) is 84.8 Å². The Morgan fingerprint density at radius 2 is 2.58 bits per heavy atom. The lowest BCUT2D eigenvalue weighted by molar-refractivity contribution is -0.385. The highest BCUT2D eigenvalue weighted by Gasteiger charge is 2.11. The van der Waals surface area contributed by atoms with Crippen LogP contribution in [-0.4, -0.2) is 14.7 Å². The minimum atomic E-state index is -0.548. The van der Waals surface area contributed by atoms with Gasteiger partial charge in [0.25, 0.3) is 0 Å². The van der Waals surface area contributed by atoms with Gasteiger partial charge in [0.05, 0.1) is 11.0 Å². The van der Waals surface area contributed by atoms with Crippen LogP contribution in [0.25, 0.3) is 0 Å². The molecule has 0 spiro atoms. The first-order chi connectivity index (χ1) is 5.65. The van der Waals surface area contributed by atoms with Crippen LogP contribution in [0.15, 0.2) is 12.4 Å². The highest BCUT2D eigenvalue weighted by atomic mass is 16.6. The summed E-state index contributed by atoms with van der Waals surface area (Å²) in [5, 5.41) is 22.3. The van der Waals surface area contributed by atoms with E-state index in [4.69, 9.17) is 5.26 Å². The fraction of sp³-hybridized carbons (Fsp3) is 0.333. The summed E-state index contributed by atoms with van der Waals surface area (Å²) in [4.78, 5) is 9.65. The Balaban J connectivity index is 2.93. The molecule has 0 aliphatic rings. The van der Waals surface area contributed by atoms with Crippen LogP contribution >= 0.6 is 0 Å². The zero-order valence-corrected chi connectivity index (χ0v) is 6.34. The van der Waals surface area contributed by atoms with Crippen molar-refractivity contribution in [3.05, 3.63) is 22.5 Å². The molecule has 0 aliphatic carbocycles. The molecule has 1 heterocycles. The van der Waals surface area contributed by atoms with Crippen LogP contribution in [-0.2, 0) is 0 Å². The maximum Gasteiger partial charge on any atom is 0.307 e. The van der Waals surface area contributed by atoms with Crippen molar-refractivity contribution in [2.24, 2.45) is 0 Å². The van der Waals surface area contributed by atoms with Gasteiger partial charge in [-0.2, -0.15) is 10.4 Å². The van der Waals surface area contributed by atoms with Gasteiger partial charge in [0.2, 0.25) is 0 Å². The fourth-order valence-electron chi connectivity index (χ4n) is 0.693. The zero-order valence-electron chi connectivity index (χ0n) is 6.34. The molecule has 0 radical (unpaired) electrons. The first-order valence-corrected chi connectivity index (χ1v) is 3.23. The maximum atomic E-state index is 10.2. The van der Waals surface area contributed by atoms with Gasteiger partial charge in [-0.25, -0.2) is 4.68 Å². The average Bonchev–Trinajstić information content (AvgIpc) is 2.51. The lowest BCUT2D eigenvalue weighted by Crippen LogP contribution is -2.01. The number of aromatic nitrogens is 2. The minimum absolute atomic E-state index is 0.0999. The minimum Gasteiger partial charge on any atom is -0.258 e. The Bertz CT molecular complexity index is 338. The summed E-state index contributed by atoms with van der Waals surface area (Å²) >= 11 is 0. The lowest BCUT2D eigenvalue weighted by atomic mass is 10.4. The monoisotopic (exact) mass is 166 g/mol. The van der Waals surface area contributed by atoms with Crippen molar-refractivity contribution in [1.82, 2.24) is 9.78 Å². The molecule has 0 bridgehead atoms. The molecule has 0 aromatic carbocycles. The van der Waals surface area contributed by atoms with E-state index in [0.29, 0.717) is 0 Å². The highest BCUT2D eigenvalue weighted by Crippen LogP contribution is 2.11. The molecule has 0 saturated carbocycles. The summed E-state index contributed by atoms with van der Waals surface area (Å²) in [6.45, 7) is 1.61. The van der Waals surface area contributed by atoms with E-state index in [1.54, 1.807) is 6.92 Å². The van der Waals surface area contributed by atoms with Crippen molar-refractivity contribution in [2.45, 2.75) is 13.0 Å². The Morgan fingerprint density at radius 1 is 1.92 bits per heavy atom. The van der Waals surface area contributed by atoms with Crippen molar-refractivity contribution < 1.29 is 4.92 Å². The third-order valence-electron chi connectivity index (χ3n) is 1.38. The smallest absolute Gasteiger partial charge is 0.258 e. The van der Waals surface area contributed by atoms with E-state index in [1.165, 1.54) is 10.9 Å². The van der Waals surface area contributed by atoms with Crippen molar-refractivity contribution in [2.75, 3.05) is 0 Å². The van der Waals surface area contributed by atoms with Gasteiger partial charge in [-0.05, 0) is 6.92 Å². The first kappa shape index (κ1) is 8.20. The molecule has 12 heavy (non-hydrogen) atoms. The van der Waals surface area contributed by atoms with Crippen molar-refractivity contribution >= 4 is 5.69 Å². The van der Waals surface area contributed by atoms with E-state index in [0.717, 1.165) is 6.20 Å².